The maximum atomic E-state index is 12.2. The molecule has 0 bridgehead atoms. The Bertz CT molecular complexity index is 655. The van der Waals surface area contributed by atoms with Gasteiger partial charge in [0.05, 0.1) is 0 Å². The standard InChI is InChI=1S/C17H20N4O/c1-14(21-11-5-8-19-21)17(22)18-13-15-6-4-7-16(12-15)20-9-2-3-10-20/h2-8,11-12,14H,9-10,13H2,1H3,(H,18,22)/t14-/m1/s1. The van der Waals surface area contributed by atoms with E-state index < -0.39 is 0 Å². The number of carbonyl (C=O) groups excluding carboxylic acids is 1. The first kappa shape index (κ1) is 14.4. The van der Waals surface area contributed by atoms with E-state index in [1.165, 1.54) is 5.69 Å². The van der Waals surface area contributed by atoms with Gasteiger partial charge in [0.15, 0.2) is 0 Å². The molecule has 0 spiro atoms. The minimum atomic E-state index is -0.305. The molecule has 5 nitrogen and oxygen atoms in total. The zero-order valence-electron chi connectivity index (χ0n) is 12.6. The van der Waals surface area contributed by atoms with E-state index in [0.29, 0.717) is 6.54 Å². The van der Waals surface area contributed by atoms with Crippen molar-refractivity contribution in [1.82, 2.24) is 15.1 Å². The summed E-state index contributed by atoms with van der Waals surface area (Å²) in [6.07, 6.45) is 7.81. The molecule has 1 aliphatic rings. The minimum absolute atomic E-state index is 0.0306. The molecule has 0 saturated carbocycles. The van der Waals surface area contributed by atoms with E-state index in [1.807, 2.05) is 25.1 Å². The van der Waals surface area contributed by atoms with E-state index in [1.54, 1.807) is 17.1 Å². The number of hydrogen-bond acceptors (Lipinski definition) is 3. The van der Waals surface area contributed by atoms with Crippen molar-refractivity contribution in [3.63, 3.8) is 0 Å². The van der Waals surface area contributed by atoms with Gasteiger partial charge in [0.25, 0.3) is 0 Å². The molecule has 0 aliphatic carbocycles. The molecule has 0 saturated heterocycles. The van der Waals surface area contributed by atoms with Crippen LogP contribution in [-0.4, -0.2) is 28.8 Å². The van der Waals surface area contributed by atoms with Crippen molar-refractivity contribution in [2.45, 2.75) is 19.5 Å². The third kappa shape index (κ3) is 3.19. The van der Waals surface area contributed by atoms with Gasteiger partial charge in [-0.3, -0.25) is 9.48 Å². The topological polar surface area (TPSA) is 50.2 Å². The van der Waals surface area contributed by atoms with Crippen molar-refractivity contribution in [3.8, 4) is 0 Å². The fourth-order valence-corrected chi connectivity index (χ4v) is 2.52. The molecule has 5 heteroatoms. The van der Waals surface area contributed by atoms with Crippen LogP contribution in [0.3, 0.4) is 0 Å². The fourth-order valence-electron chi connectivity index (χ4n) is 2.52. The number of amides is 1. The maximum Gasteiger partial charge on any atom is 0.244 e. The number of rotatable bonds is 5. The summed E-state index contributed by atoms with van der Waals surface area (Å²) in [6, 6.07) is 9.81. The van der Waals surface area contributed by atoms with Crippen molar-refractivity contribution in [2.24, 2.45) is 0 Å². The zero-order valence-corrected chi connectivity index (χ0v) is 12.6. The van der Waals surface area contributed by atoms with Crippen LogP contribution in [-0.2, 0) is 11.3 Å². The summed E-state index contributed by atoms with van der Waals surface area (Å²) >= 11 is 0. The second-order valence-electron chi connectivity index (χ2n) is 5.43. The molecule has 1 aromatic heterocycles. The second kappa shape index (κ2) is 6.47. The van der Waals surface area contributed by atoms with Crippen molar-refractivity contribution >= 4 is 11.6 Å². The van der Waals surface area contributed by atoms with Gasteiger partial charge in [-0.2, -0.15) is 5.10 Å². The van der Waals surface area contributed by atoms with Crippen LogP contribution < -0.4 is 10.2 Å². The van der Waals surface area contributed by atoms with Gasteiger partial charge < -0.3 is 10.2 Å². The molecule has 1 aliphatic heterocycles. The van der Waals surface area contributed by atoms with Crippen molar-refractivity contribution in [3.05, 3.63) is 60.4 Å². The Morgan fingerprint density at radius 2 is 2.14 bits per heavy atom. The highest BCUT2D eigenvalue weighted by Gasteiger charge is 2.14. The van der Waals surface area contributed by atoms with E-state index in [0.717, 1.165) is 18.7 Å². The SMILES string of the molecule is C[C@H](C(=O)NCc1cccc(N2CC=CC2)c1)n1cccn1. The summed E-state index contributed by atoms with van der Waals surface area (Å²) in [5, 5.41) is 7.07. The van der Waals surface area contributed by atoms with Crippen molar-refractivity contribution in [2.75, 3.05) is 18.0 Å². The van der Waals surface area contributed by atoms with Gasteiger partial charge in [0, 0.05) is 37.7 Å². The van der Waals surface area contributed by atoms with Gasteiger partial charge in [-0.25, -0.2) is 0 Å². The first-order valence-electron chi connectivity index (χ1n) is 7.50. The zero-order chi connectivity index (χ0) is 15.4. The predicted octanol–water partition coefficient (Wildman–Crippen LogP) is 2.14. The molecule has 0 fully saturated rings. The summed E-state index contributed by atoms with van der Waals surface area (Å²) in [6.45, 7) is 4.27. The molecule has 114 valence electrons. The van der Waals surface area contributed by atoms with Gasteiger partial charge in [-0.05, 0) is 30.7 Å². The van der Waals surface area contributed by atoms with Gasteiger partial charge in [0.1, 0.15) is 6.04 Å². The van der Waals surface area contributed by atoms with E-state index in [4.69, 9.17) is 0 Å². The highest BCUT2D eigenvalue weighted by atomic mass is 16.2. The van der Waals surface area contributed by atoms with Crippen LogP contribution in [0.5, 0.6) is 0 Å². The number of nitrogens with zero attached hydrogens (tertiary/aromatic N) is 3. The second-order valence-corrected chi connectivity index (χ2v) is 5.43. The Balaban J connectivity index is 1.59. The lowest BCUT2D eigenvalue weighted by molar-refractivity contribution is -0.124. The largest absolute Gasteiger partial charge is 0.364 e. The van der Waals surface area contributed by atoms with Gasteiger partial charge in [-0.15, -0.1) is 0 Å². The van der Waals surface area contributed by atoms with Crippen LogP contribution in [0, 0.1) is 0 Å². The molecule has 1 amide bonds. The normalized spacial score (nSPS) is 15.0. The molecular weight excluding hydrogens is 276 g/mol. The number of nitrogens with one attached hydrogen (secondary N) is 1. The van der Waals surface area contributed by atoms with Gasteiger partial charge in [-0.1, -0.05) is 24.3 Å². The first-order chi connectivity index (χ1) is 10.7. The van der Waals surface area contributed by atoms with Crippen LogP contribution in [0.15, 0.2) is 54.9 Å². The number of carbonyl (C=O) groups is 1. The maximum absolute atomic E-state index is 12.2. The van der Waals surface area contributed by atoms with Crippen LogP contribution in [0.4, 0.5) is 5.69 Å². The van der Waals surface area contributed by atoms with Gasteiger partial charge >= 0.3 is 0 Å². The summed E-state index contributed by atoms with van der Waals surface area (Å²) in [7, 11) is 0. The van der Waals surface area contributed by atoms with Crippen LogP contribution in [0.2, 0.25) is 0 Å². The van der Waals surface area contributed by atoms with E-state index in [2.05, 4.69) is 39.6 Å². The van der Waals surface area contributed by atoms with E-state index >= 15 is 0 Å². The Hall–Kier alpha value is -2.56. The molecule has 3 rings (SSSR count). The molecule has 1 aromatic carbocycles. The summed E-state index contributed by atoms with van der Waals surface area (Å²) in [5.41, 5.74) is 2.29. The summed E-state index contributed by atoms with van der Waals surface area (Å²) in [4.78, 5) is 14.5. The fraction of sp³-hybridized carbons (Fsp3) is 0.294. The Morgan fingerprint density at radius 1 is 1.32 bits per heavy atom. The lowest BCUT2D eigenvalue weighted by atomic mass is 10.2. The lowest BCUT2D eigenvalue weighted by Gasteiger charge is -2.19. The molecule has 0 radical (unpaired) electrons. The Labute approximate surface area is 130 Å². The number of aromatic nitrogens is 2. The molecule has 0 unspecified atom stereocenters. The summed E-state index contributed by atoms with van der Waals surface area (Å²) < 4.78 is 1.65. The molecule has 2 aromatic rings. The minimum Gasteiger partial charge on any atom is -0.364 e. The third-order valence-electron chi connectivity index (χ3n) is 3.86. The average molecular weight is 296 g/mol. The predicted molar refractivity (Wildman–Crippen MR) is 86.6 cm³/mol. The van der Waals surface area contributed by atoms with E-state index in [-0.39, 0.29) is 11.9 Å². The van der Waals surface area contributed by atoms with Gasteiger partial charge in [0.2, 0.25) is 5.91 Å². The highest BCUT2D eigenvalue weighted by Crippen LogP contribution is 2.18. The van der Waals surface area contributed by atoms with Crippen LogP contribution in [0.25, 0.3) is 0 Å². The monoisotopic (exact) mass is 296 g/mol. The summed E-state index contributed by atoms with van der Waals surface area (Å²) in [5.74, 6) is -0.0306. The first-order valence-corrected chi connectivity index (χ1v) is 7.50. The number of benzene rings is 1. The van der Waals surface area contributed by atoms with Crippen molar-refractivity contribution in [1.29, 1.82) is 0 Å². The van der Waals surface area contributed by atoms with E-state index in [9.17, 15) is 4.79 Å². The third-order valence-corrected chi connectivity index (χ3v) is 3.86. The molecule has 22 heavy (non-hydrogen) atoms. The molecular formula is C17H20N4O. The quantitative estimate of drug-likeness (QED) is 0.860. The van der Waals surface area contributed by atoms with Crippen LogP contribution >= 0.6 is 0 Å². The van der Waals surface area contributed by atoms with Crippen LogP contribution in [0.1, 0.15) is 18.5 Å². The lowest BCUT2D eigenvalue weighted by Crippen LogP contribution is -2.30. The number of hydrogen-bond donors (Lipinski definition) is 1. The average Bonchev–Trinajstić information content (AvgIpc) is 3.24. The smallest absolute Gasteiger partial charge is 0.244 e. The molecule has 2 heterocycles. The Morgan fingerprint density at radius 3 is 2.86 bits per heavy atom. The highest BCUT2D eigenvalue weighted by molar-refractivity contribution is 5.79. The Kier molecular flexibility index (Phi) is 4.23. The number of anilines is 1. The molecule has 1 N–H and O–H groups in total. The van der Waals surface area contributed by atoms with Crippen molar-refractivity contribution < 1.29 is 4.79 Å². The molecule has 1 atom stereocenters.